The van der Waals surface area contributed by atoms with Crippen LogP contribution in [0.5, 0.6) is 0 Å². The van der Waals surface area contributed by atoms with Crippen molar-refractivity contribution in [2.45, 2.75) is 10.9 Å². The van der Waals surface area contributed by atoms with E-state index in [1.165, 1.54) is 9.77 Å². The Hall–Kier alpha value is -0.480. The maximum Gasteiger partial charge on any atom is 0.0485 e. The van der Waals surface area contributed by atoms with Crippen LogP contribution in [0.1, 0.15) is 10.9 Å². The van der Waals surface area contributed by atoms with Crippen molar-refractivity contribution >= 4 is 34.7 Å². The van der Waals surface area contributed by atoms with Crippen LogP contribution < -0.4 is 5.73 Å². The van der Waals surface area contributed by atoms with Gasteiger partial charge in [0.05, 0.1) is 0 Å². The van der Waals surface area contributed by atoms with Crippen LogP contribution >= 0.6 is 34.7 Å². The molecule has 16 heavy (non-hydrogen) atoms. The van der Waals surface area contributed by atoms with Gasteiger partial charge in [0.15, 0.2) is 0 Å². The van der Waals surface area contributed by atoms with Gasteiger partial charge in [-0.05, 0) is 35.7 Å². The summed E-state index contributed by atoms with van der Waals surface area (Å²) in [6, 6.07) is 12.1. The molecule has 1 nitrogen and oxygen atoms in total. The Balaban J connectivity index is 1.90. The number of thiophene rings is 1. The summed E-state index contributed by atoms with van der Waals surface area (Å²) in [6.45, 7) is 0. The first kappa shape index (κ1) is 12.0. The van der Waals surface area contributed by atoms with E-state index in [2.05, 4.69) is 11.4 Å². The number of hydrogen-bond acceptors (Lipinski definition) is 3. The van der Waals surface area contributed by atoms with Crippen LogP contribution in [0.4, 0.5) is 0 Å². The number of halogens is 1. The topological polar surface area (TPSA) is 26.0 Å². The molecule has 2 aromatic rings. The highest BCUT2D eigenvalue weighted by molar-refractivity contribution is 7.99. The molecule has 2 N–H and O–H groups in total. The Bertz CT molecular complexity index is 425. The lowest BCUT2D eigenvalue weighted by molar-refractivity contribution is 0.852. The van der Waals surface area contributed by atoms with Crippen molar-refractivity contribution in [1.82, 2.24) is 0 Å². The summed E-state index contributed by atoms with van der Waals surface area (Å²) in [6.07, 6.45) is 0. The van der Waals surface area contributed by atoms with Gasteiger partial charge < -0.3 is 5.73 Å². The third-order valence-corrected chi connectivity index (χ3v) is 4.54. The molecule has 0 aliphatic rings. The van der Waals surface area contributed by atoms with E-state index in [1.807, 2.05) is 30.3 Å². The van der Waals surface area contributed by atoms with E-state index in [0.29, 0.717) is 0 Å². The molecule has 0 aliphatic heterocycles. The zero-order valence-corrected chi connectivity index (χ0v) is 11.0. The average Bonchev–Trinajstić information content (AvgIpc) is 2.81. The molecule has 2 rings (SSSR count). The molecule has 1 atom stereocenters. The van der Waals surface area contributed by atoms with E-state index in [1.54, 1.807) is 23.1 Å². The highest BCUT2D eigenvalue weighted by Gasteiger charge is 2.07. The molecule has 84 valence electrons. The predicted molar refractivity (Wildman–Crippen MR) is 73.4 cm³/mol. The SMILES string of the molecule is NC(CSc1ccc(Cl)cc1)c1cccs1. The van der Waals surface area contributed by atoms with Crippen LogP contribution in [0.3, 0.4) is 0 Å². The molecule has 1 unspecified atom stereocenters. The summed E-state index contributed by atoms with van der Waals surface area (Å²) < 4.78 is 0. The number of hydrogen-bond donors (Lipinski definition) is 1. The van der Waals surface area contributed by atoms with E-state index >= 15 is 0 Å². The average molecular weight is 270 g/mol. The summed E-state index contributed by atoms with van der Waals surface area (Å²) in [5.41, 5.74) is 6.08. The van der Waals surface area contributed by atoms with E-state index in [4.69, 9.17) is 17.3 Å². The molecule has 0 spiro atoms. The molecule has 0 saturated heterocycles. The number of thioether (sulfide) groups is 1. The van der Waals surface area contributed by atoms with Crippen LogP contribution in [0.15, 0.2) is 46.7 Å². The van der Waals surface area contributed by atoms with Crippen molar-refractivity contribution in [3.63, 3.8) is 0 Å². The molecule has 0 aliphatic carbocycles. The molecule has 1 heterocycles. The lowest BCUT2D eigenvalue weighted by Gasteiger charge is -2.08. The largest absolute Gasteiger partial charge is 0.323 e. The van der Waals surface area contributed by atoms with Gasteiger partial charge in [-0.3, -0.25) is 0 Å². The minimum absolute atomic E-state index is 0.112. The van der Waals surface area contributed by atoms with Crippen LogP contribution in [-0.2, 0) is 0 Å². The van der Waals surface area contributed by atoms with Crippen LogP contribution in [0.25, 0.3) is 0 Å². The fourth-order valence-electron chi connectivity index (χ4n) is 1.30. The summed E-state index contributed by atoms with van der Waals surface area (Å²) in [5, 5.41) is 2.83. The fraction of sp³-hybridized carbons (Fsp3) is 0.167. The highest BCUT2D eigenvalue weighted by atomic mass is 35.5. The Morgan fingerprint density at radius 3 is 2.62 bits per heavy atom. The first-order valence-corrected chi connectivity index (χ1v) is 7.17. The van der Waals surface area contributed by atoms with Gasteiger partial charge in [-0.15, -0.1) is 23.1 Å². The van der Waals surface area contributed by atoms with Crippen molar-refractivity contribution < 1.29 is 0 Å². The van der Waals surface area contributed by atoms with Gasteiger partial charge in [-0.2, -0.15) is 0 Å². The van der Waals surface area contributed by atoms with Gasteiger partial charge in [0.2, 0.25) is 0 Å². The van der Waals surface area contributed by atoms with Crippen molar-refractivity contribution in [1.29, 1.82) is 0 Å². The van der Waals surface area contributed by atoms with Gasteiger partial charge in [0, 0.05) is 26.6 Å². The molecular formula is C12H12ClNS2. The quantitative estimate of drug-likeness (QED) is 0.842. The van der Waals surface area contributed by atoms with E-state index in [0.717, 1.165) is 10.8 Å². The fourth-order valence-corrected chi connectivity index (χ4v) is 3.14. The highest BCUT2D eigenvalue weighted by Crippen LogP contribution is 2.26. The van der Waals surface area contributed by atoms with Gasteiger partial charge in [0.25, 0.3) is 0 Å². The van der Waals surface area contributed by atoms with Gasteiger partial charge >= 0.3 is 0 Å². The number of benzene rings is 1. The Labute approximate surface area is 109 Å². The second-order valence-corrected chi connectivity index (χ2v) is 5.90. The maximum absolute atomic E-state index is 6.08. The van der Waals surface area contributed by atoms with Crippen LogP contribution in [0, 0.1) is 0 Å². The van der Waals surface area contributed by atoms with Crippen molar-refractivity contribution in [3.05, 3.63) is 51.7 Å². The van der Waals surface area contributed by atoms with Gasteiger partial charge in [-0.1, -0.05) is 17.7 Å². The zero-order valence-electron chi connectivity index (χ0n) is 8.60. The number of nitrogens with two attached hydrogens (primary N) is 1. The molecule has 1 aromatic carbocycles. The Morgan fingerprint density at radius 2 is 2.00 bits per heavy atom. The zero-order chi connectivity index (χ0) is 11.4. The van der Waals surface area contributed by atoms with Crippen LogP contribution in [0.2, 0.25) is 5.02 Å². The minimum atomic E-state index is 0.112. The summed E-state index contributed by atoms with van der Waals surface area (Å²) in [7, 11) is 0. The van der Waals surface area contributed by atoms with E-state index < -0.39 is 0 Å². The third kappa shape index (κ3) is 3.25. The molecular weight excluding hydrogens is 258 g/mol. The third-order valence-electron chi connectivity index (χ3n) is 2.15. The first-order chi connectivity index (χ1) is 7.75. The summed E-state index contributed by atoms with van der Waals surface area (Å²) in [4.78, 5) is 2.44. The molecule has 1 aromatic heterocycles. The van der Waals surface area contributed by atoms with Gasteiger partial charge in [-0.25, -0.2) is 0 Å². The summed E-state index contributed by atoms with van der Waals surface area (Å²) >= 11 is 9.29. The molecule has 0 bridgehead atoms. The lowest BCUT2D eigenvalue weighted by atomic mass is 10.3. The van der Waals surface area contributed by atoms with Crippen molar-refractivity contribution in [2.75, 3.05) is 5.75 Å². The Kier molecular flexibility index (Phi) is 4.29. The molecule has 0 amide bonds. The maximum atomic E-state index is 6.08. The molecule has 0 radical (unpaired) electrons. The predicted octanol–water partition coefficient (Wildman–Crippen LogP) is 4.19. The minimum Gasteiger partial charge on any atom is -0.323 e. The standard InChI is InChI=1S/C12H12ClNS2/c13-9-3-5-10(6-4-9)16-8-11(14)12-2-1-7-15-12/h1-7,11H,8,14H2. The second kappa shape index (κ2) is 5.73. The summed E-state index contributed by atoms with van der Waals surface area (Å²) in [5.74, 6) is 0.891. The first-order valence-electron chi connectivity index (χ1n) is 4.93. The number of rotatable bonds is 4. The molecule has 0 fully saturated rings. The smallest absolute Gasteiger partial charge is 0.0485 e. The van der Waals surface area contributed by atoms with E-state index in [9.17, 15) is 0 Å². The van der Waals surface area contributed by atoms with Crippen LogP contribution in [-0.4, -0.2) is 5.75 Å². The Morgan fingerprint density at radius 1 is 1.25 bits per heavy atom. The second-order valence-electron chi connectivity index (χ2n) is 3.39. The monoisotopic (exact) mass is 269 g/mol. The molecule has 0 saturated carbocycles. The van der Waals surface area contributed by atoms with Crippen molar-refractivity contribution in [3.8, 4) is 0 Å². The van der Waals surface area contributed by atoms with E-state index in [-0.39, 0.29) is 6.04 Å². The lowest BCUT2D eigenvalue weighted by Crippen LogP contribution is -2.10. The normalized spacial score (nSPS) is 12.6. The molecule has 4 heteroatoms. The van der Waals surface area contributed by atoms with Crippen molar-refractivity contribution in [2.24, 2.45) is 5.73 Å². The van der Waals surface area contributed by atoms with Gasteiger partial charge in [0.1, 0.15) is 0 Å².